The minimum Gasteiger partial charge on any atom is -0.208 e. The molecule has 0 spiro atoms. The molecule has 4 saturated carbocycles. The summed E-state index contributed by atoms with van der Waals surface area (Å²) in [6.45, 7) is 2.07. The molecule has 2 aromatic rings. The molecule has 1 heterocycles. The number of hydrogen-bond donors (Lipinski definition) is 1. The average molecular weight is 378 g/mol. The Morgan fingerprint density at radius 1 is 1.12 bits per heavy atom. The van der Waals surface area contributed by atoms with Gasteiger partial charge in [0, 0.05) is 6.04 Å². The number of hydrogen-bond acceptors (Lipinski definition) is 5. The summed E-state index contributed by atoms with van der Waals surface area (Å²) in [7, 11) is -3.60. The fourth-order valence-corrected chi connectivity index (χ4v) is 8.24. The number of fused-ring (bicyclic) bond motifs is 1. The minimum atomic E-state index is -3.60. The maximum Gasteiger partial charge on any atom is 0.243 e. The van der Waals surface area contributed by atoms with Crippen LogP contribution in [0.15, 0.2) is 23.1 Å². The van der Waals surface area contributed by atoms with Gasteiger partial charge in [-0.1, -0.05) is 6.07 Å². The highest BCUT2D eigenvalue weighted by molar-refractivity contribution is 7.89. The zero-order valence-electron chi connectivity index (χ0n) is 14.3. The highest BCUT2D eigenvalue weighted by Crippen LogP contribution is 2.61. The van der Waals surface area contributed by atoms with Crippen LogP contribution < -0.4 is 4.72 Å². The van der Waals surface area contributed by atoms with Gasteiger partial charge in [0.15, 0.2) is 0 Å². The molecular formula is C18H23N3O2S2. The summed E-state index contributed by atoms with van der Waals surface area (Å²) in [5, 5.41) is 0. The third kappa shape index (κ3) is 2.54. The zero-order chi connectivity index (χ0) is 17.2. The molecule has 1 unspecified atom stereocenters. The molecule has 5 nitrogen and oxygen atoms in total. The molecule has 4 aliphatic carbocycles. The number of nitrogens with one attached hydrogen (secondary N) is 1. The standard InChI is InChI=1S/C18H23N3O2S2/c1-11(18-8-12-5-13(9-18)7-14(6-12)10-18)21-25(22,23)16-4-2-3-15-17(16)20-24-19-15/h2-4,11-14,21H,5-10H2,1H3. The maximum absolute atomic E-state index is 13.1. The first-order valence-electron chi connectivity index (χ1n) is 9.19. The van der Waals surface area contributed by atoms with Crippen LogP contribution >= 0.6 is 11.7 Å². The molecule has 0 aliphatic heterocycles. The van der Waals surface area contributed by atoms with Crippen molar-refractivity contribution in [1.29, 1.82) is 0 Å². The van der Waals surface area contributed by atoms with E-state index in [2.05, 4.69) is 20.4 Å². The van der Waals surface area contributed by atoms with E-state index in [1.54, 1.807) is 18.2 Å². The predicted molar refractivity (Wildman–Crippen MR) is 97.8 cm³/mol. The molecule has 4 aliphatic rings. The summed E-state index contributed by atoms with van der Waals surface area (Å²) >= 11 is 1.06. The van der Waals surface area contributed by atoms with Crippen LogP contribution in [0.1, 0.15) is 45.4 Å². The molecule has 1 atom stereocenters. The summed E-state index contributed by atoms with van der Waals surface area (Å²) < 4.78 is 37.5. The Morgan fingerprint density at radius 2 is 1.76 bits per heavy atom. The molecule has 4 bridgehead atoms. The average Bonchev–Trinajstić information content (AvgIpc) is 3.01. The van der Waals surface area contributed by atoms with Crippen LogP contribution in [0, 0.1) is 23.2 Å². The summed E-state index contributed by atoms with van der Waals surface area (Å²) in [4.78, 5) is 0.260. The van der Waals surface area contributed by atoms with Gasteiger partial charge in [-0.3, -0.25) is 0 Å². The molecule has 1 N–H and O–H groups in total. The summed E-state index contributed by atoms with van der Waals surface area (Å²) in [5.41, 5.74) is 1.28. The molecule has 25 heavy (non-hydrogen) atoms. The first-order valence-corrected chi connectivity index (χ1v) is 11.4. The lowest BCUT2D eigenvalue weighted by Crippen LogP contribution is -2.55. The number of nitrogens with zero attached hydrogens (tertiary/aromatic N) is 2. The first kappa shape index (κ1) is 16.1. The van der Waals surface area contributed by atoms with Gasteiger partial charge in [0.05, 0.1) is 11.7 Å². The largest absolute Gasteiger partial charge is 0.243 e. The van der Waals surface area contributed by atoms with Crippen LogP contribution in [0.25, 0.3) is 11.0 Å². The van der Waals surface area contributed by atoms with Crippen molar-refractivity contribution < 1.29 is 8.42 Å². The fourth-order valence-electron chi connectivity index (χ4n) is 6.13. The number of benzene rings is 1. The number of aromatic nitrogens is 2. The van der Waals surface area contributed by atoms with Gasteiger partial charge in [-0.05, 0) is 80.8 Å². The van der Waals surface area contributed by atoms with Gasteiger partial charge in [0.1, 0.15) is 15.9 Å². The smallest absolute Gasteiger partial charge is 0.208 e. The second kappa shape index (κ2) is 5.47. The van der Waals surface area contributed by atoms with Gasteiger partial charge >= 0.3 is 0 Å². The second-order valence-corrected chi connectivity index (χ2v) is 10.7. The van der Waals surface area contributed by atoms with Crippen molar-refractivity contribution >= 4 is 32.8 Å². The van der Waals surface area contributed by atoms with Gasteiger partial charge in [-0.15, -0.1) is 0 Å². The van der Waals surface area contributed by atoms with Gasteiger partial charge in [0.2, 0.25) is 10.0 Å². The second-order valence-electron chi connectivity index (χ2n) is 8.51. The van der Waals surface area contributed by atoms with Gasteiger partial charge in [-0.2, -0.15) is 8.75 Å². The molecule has 0 saturated heterocycles. The van der Waals surface area contributed by atoms with Crippen LogP contribution in [0.2, 0.25) is 0 Å². The Labute approximate surface area is 152 Å². The summed E-state index contributed by atoms with van der Waals surface area (Å²) in [6, 6.07) is 5.15. The SMILES string of the molecule is CC(NS(=O)(=O)c1cccc2nsnc12)C12CC3CC(CC(C3)C1)C2. The molecule has 7 heteroatoms. The lowest BCUT2D eigenvalue weighted by Gasteiger charge is -2.59. The Kier molecular flexibility index (Phi) is 3.53. The molecular weight excluding hydrogens is 354 g/mol. The normalized spacial score (nSPS) is 35.3. The van der Waals surface area contributed by atoms with Crippen molar-refractivity contribution in [2.45, 2.75) is 56.4 Å². The third-order valence-corrected chi connectivity index (χ3v) is 8.99. The monoisotopic (exact) mass is 377 g/mol. The molecule has 6 rings (SSSR count). The Hall–Kier alpha value is -1.05. The van der Waals surface area contributed by atoms with Crippen molar-refractivity contribution in [2.24, 2.45) is 23.2 Å². The van der Waals surface area contributed by atoms with Crippen molar-refractivity contribution in [1.82, 2.24) is 13.5 Å². The van der Waals surface area contributed by atoms with Gasteiger partial charge < -0.3 is 0 Å². The van der Waals surface area contributed by atoms with Crippen LogP contribution in [-0.2, 0) is 10.0 Å². The third-order valence-electron chi connectivity index (χ3n) is 6.87. The Bertz CT molecular complexity index is 886. The van der Waals surface area contributed by atoms with Crippen LogP contribution in [-0.4, -0.2) is 23.2 Å². The van der Waals surface area contributed by atoms with E-state index in [1.807, 2.05) is 0 Å². The lowest BCUT2D eigenvalue weighted by atomic mass is 9.48. The van der Waals surface area contributed by atoms with E-state index in [-0.39, 0.29) is 16.4 Å². The number of sulfonamides is 1. The molecule has 4 fully saturated rings. The highest BCUT2D eigenvalue weighted by Gasteiger charge is 2.53. The highest BCUT2D eigenvalue weighted by atomic mass is 32.2. The fraction of sp³-hybridized carbons (Fsp3) is 0.667. The van der Waals surface area contributed by atoms with E-state index in [0.717, 1.165) is 29.5 Å². The quantitative estimate of drug-likeness (QED) is 0.884. The summed E-state index contributed by atoms with van der Waals surface area (Å²) in [6.07, 6.45) is 7.65. The van der Waals surface area contributed by atoms with E-state index < -0.39 is 10.0 Å². The lowest BCUT2D eigenvalue weighted by molar-refractivity contribution is -0.0666. The topological polar surface area (TPSA) is 72.0 Å². The predicted octanol–water partition coefficient (Wildman–Crippen LogP) is 3.57. The van der Waals surface area contributed by atoms with E-state index in [0.29, 0.717) is 11.0 Å². The maximum atomic E-state index is 13.1. The van der Waals surface area contributed by atoms with E-state index >= 15 is 0 Å². The Morgan fingerprint density at radius 3 is 2.40 bits per heavy atom. The molecule has 134 valence electrons. The zero-order valence-corrected chi connectivity index (χ0v) is 15.9. The molecule has 1 aromatic carbocycles. The van der Waals surface area contributed by atoms with Crippen molar-refractivity contribution in [3.63, 3.8) is 0 Å². The van der Waals surface area contributed by atoms with Crippen molar-refractivity contribution in [3.8, 4) is 0 Å². The van der Waals surface area contributed by atoms with Gasteiger partial charge in [-0.25, -0.2) is 13.1 Å². The summed E-state index contributed by atoms with van der Waals surface area (Å²) in [5.74, 6) is 2.43. The van der Waals surface area contributed by atoms with Crippen molar-refractivity contribution in [2.75, 3.05) is 0 Å². The molecule has 0 radical (unpaired) electrons. The molecule has 0 amide bonds. The van der Waals surface area contributed by atoms with E-state index in [9.17, 15) is 8.42 Å². The molecule has 1 aromatic heterocycles. The van der Waals surface area contributed by atoms with E-state index in [4.69, 9.17) is 0 Å². The van der Waals surface area contributed by atoms with Crippen LogP contribution in [0.3, 0.4) is 0 Å². The minimum absolute atomic E-state index is 0.0345. The number of rotatable bonds is 4. The van der Waals surface area contributed by atoms with Crippen molar-refractivity contribution in [3.05, 3.63) is 18.2 Å². The van der Waals surface area contributed by atoms with Crippen LogP contribution in [0.5, 0.6) is 0 Å². The Balaban J connectivity index is 1.45. The van der Waals surface area contributed by atoms with Gasteiger partial charge in [0.25, 0.3) is 0 Å². The van der Waals surface area contributed by atoms with E-state index in [1.165, 1.54) is 38.5 Å². The first-order chi connectivity index (χ1) is 12.0. The van der Waals surface area contributed by atoms with Crippen LogP contribution in [0.4, 0.5) is 0 Å².